The molecule has 2 unspecified atom stereocenters. The second-order valence-corrected chi connectivity index (χ2v) is 5.76. The average Bonchev–Trinajstić information content (AvgIpc) is 2.68. The molecule has 124 valence electrons. The van der Waals surface area contributed by atoms with Crippen molar-refractivity contribution in [3.63, 3.8) is 0 Å². The molecule has 1 aromatic carbocycles. The number of alkyl halides is 2. The SMILES string of the molecule is O=[C]([Bi])OC1[C@@H](COC(=O)c2ccccc2)OC(=O)C1(F)F.P. The largest absolute Gasteiger partial charge is 0.153 e. The van der Waals surface area contributed by atoms with Crippen molar-refractivity contribution in [1.29, 1.82) is 0 Å². The molecule has 2 rings (SSSR count). The number of halogens is 2. The van der Waals surface area contributed by atoms with Gasteiger partial charge in [-0.25, -0.2) is 0 Å². The third-order valence-corrected chi connectivity index (χ3v) is 3.25. The minimum Gasteiger partial charge on any atom is -0.153 e. The molecule has 0 bridgehead atoms. The predicted octanol–water partition coefficient (Wildman–Crippen LogP) is 1.14. The molecule has 0 N–H and O–H groups in total. The first-order valence-electron chi connectivity index (χ1n) is 6.03. The van der Waals surface area contributed by atoms with Crippen LogP contribution >= 0.6 is 9.90 Å². The van der Waals surface area contributed by atoms with Gasteiger partial charge in [-0.05, 0) is 0 Å². The Morgan fingerprint density at radius 2 is 1.87 bits per heavy atom. The summed E-state index contributed by atoms with van der Waals surface area (Å²) in [5, 5.41) is 0. The van der Waals surface area contributed by atoms with Crippen molar-refractivity contribution in [2.24, 2.45) is 0 Å². The fourth-order valence-electron chi connectivity index (χ4n) is 1.82. The number of ether oxygens (including phenoxy) is 3. The van der Waals surface area contributed by atoms with Gasteiger partial charge in [0.1, 0.15) is 0 Å². The molecule has 3 atom stereocenters. The van der Waals surface area contributed by atoms with Gasteiger partial charge in [-0.3, -0.25) is 0 Å². The van der Waals surface area contributed by atoms with Crippen molar-refractivity contribution in [3.05, 3.63) is 35.9 Å². The van der Waals surface area contributed by atoms with Crippen LogP contribution in [0.2, 0.25) is 0 Å². The molecule has 2 radical (unpaired) electrons. The quantitative estimate of drug-likeness (QED) is 0.246. The summed E-state index contributed by atoms with van der Waals surface area (Å²) in [5.41, 5.74) is 0.216. The van der Waals surface area contributed by atoms with Crippen LogP contribution in [-0.4, -0.2) is 65.1 Å². The third-order valence-electron chi connectivity index (χ3n) is 2.84. The summed E-state index contributed by atoms with van der Waals surface area (Å²) in [7, 11) is 0. The molecule has 0 spiro atoms. The summed E-state index contributed by atoms with van der Waals surface area (Å²) < 4.78 is 40.0. The summed E-state index contributed by atoms with van der Waals surface area (Å²) in [4.78, 5) is 33.8. The zero-order chi connectivity index (χ0) is 16.3. The first-order valence-corrected chi connectivity index (χ1v) is 7.77. The number of hydrogen-bond donors (Lipinski definition) is 0. The van der Waals surface area contributed by atoms with Crippen LogP contribution < -0.4 is 0 Å². The van der Waals surface area contributed by atoms with Crippen LogP contribution in [0.5, 0.6) is 0 Å². The molecule has 0 amide bonds. The topological polar surface area (TPSA) is 78.9 Å². The van der Waals surface area contributed by atoms with Crippen LogP contribution in [0.3, 0.4) is 0 Å². The van der Waals surface area contributed by atoms with Crippen molar-refractivity contribution >= 4 is 50.2 Å². The van der Waals surface area contributed by atoms with Gasteiger partial charge in [0.25, 0.3) is 0 Å². The maximum atomic E-state index is 13.6. The first-order chi connectivity index (χ1) is 10.3. The van der Waals surface area contributed by atoms with Crippen LogP contribution in [0.4, 0.5) is 13.6 Å². The number of carbonyl (C=O) groups excluding carboxylic acids is 3. The van der Waals surface area contributed by atoms with Gasteiger partial charge < -0.3 is 0 Å². The molecule has 23 heavy (non-hydrogen) atoms. The second-order valence-electron chi connectivity index (χ2n) is 4.34. The van der Waals surface area contributed by atoms with Crippen LogP contribution in [0.25, 0.3) is 0 Å². The molecule has 1 saturated heterocycles. The minimum absolute atomic E-state index is 0. The van der Waals surface area contributed by atoms with E-state index in [1.807, 2.05) is 0 Å². The molecule has 0 aromatic heterocycles. The van der Waals surface area contributed by atoms with Crippen LogP contribution in [-0.2, 0) is 19.0 Å². The predicted molar refractivity (Wildman–Crippen MR) is 78.7 cm³/mol. The van der Waals surface area contributed by atoms with Gasteiger partial charge in [-0.1, -0.05) is 0 Å². The van der Waals surface area contributed by atoms with Gasteiger partial charge in [-0.15, -0.1) is 0 Å². The molecule has 1 aliphatic rings. The van der Waals surface area contributed by atoms with Crippen molar-refractivity contribution in [2.45, 2.75) is 18.1 Å². The normalized spacial score (nSPS) is 21.8. The zero-order valence-electron chi connectivity index (χ0n) is 11.6. The van der Waals surface area contributed by atoms with Gasteiger partial charge in [0.15, 0.2) is 0 Å². The van der Waals surface area contributed by atoms with Crippen molar-refractivity contribution in [1.82, 2.24) is 0 Å². The molecule has 1 aromatic rings. The van der Waals surface area contributed by atoms with E-state index in [-0.39, 0.29) is 40.2 Å². The summed E-state index contributed by atoms with van der Waals surface area (Å²) in [6, 6.07) is 7.85. The number of hydrogen-bond acceptors (Lipinski definition) is 6. The van der Waals surface area contributed by atoms with E-state index in [4.69, 9.17) is 4.74 Å². The van der Waals surface area contributed by atoms with Crippen LogP contribution in [0.15, 0.2) is 30.3 Å². The van der Waals surface area contributed by atoms with E-state index in [1.54, 1.807) is 18.2 Å². The van der Waals surface area contributed by atoms with Crippen LogP contribution in [0.1, 0.15) is 10.4 Å². The van der Waals surface area contributed by atoms with Gasteiger partial charge in [-0.2, -0.15) is 9.90 Å². The molecule has 0 saturated carbocycles. The van der Waals surface area contributed by atoms with E-state index in [0.29, 0.717) is 0 Å². The average molecular weight is 542 g/mol. The van der Waals surface area contributed by atoms with E-state index in [1.165, 1.54) is 12.1 Å². The number of esters is 2. The van der Waals surface area contributed by atoms with Gasteiger partial charge in [0.2, 0.25) is 0 Å². The van der Waals surface area contributed by atoms with Crippen LogP contribution in [0, 0.1) is 0 Å². The van der Waals surface area contributed by atoms with E-state index in [9.17, 15) is 23.2 Å². The Kier molecular flexibility index (Phi) is 6.96. The molecule has 1 fully saturated rings. The van der Waals surface area contributed by atoms with Crippen molar-refractivity contribution in [2.75, 3.05) is 6.61 Å². The van der Waals surface area contributed by atoms with E-state index in [2.05, 4.69) is 9.47 Å². The summed E-state index contributed by atoms with van der Waals surface area (Å²) in [6.45, 7) is -0.633. The Bertz CT molecular complexity index is 597. The first kappa shape index (κ1) is 19.8. The van der Waals surface area contributed by atoms with E-state index >= 15 is 0 Å². The van der Waals surface area contributed by atoms with E-state index < -0.39 is 40.4 Å². The molecular weight excluding hydrogens is 530 g/mol. The Morgan fingerprint density at radius 1 is 1.26 bits per heavy atom. The number of rotatable bonds is 4. The van der Waals surface area contributed by atoms with Gasteiger partial charge in [0, 0.05) is 0 Å². The Hall–Kier alpha value is -1.20. The molecule has 10 heteroatoms. The Balaban J connectivity index is 0.00000264. The second kappa shape index (κ2) is 8.07. The van der Waals surface area contributed by atoms with Gasteiger partial charge in [0.05, 0.1) is 0 Å². The number of carbonyl (C=O) groups is 3. The monoisotopic (exact) mass is 542 g/mol. The maximum Gasteiger partial charge on any atom is -0.153 e. The Morgan fingerprint density at radius 3 is 2.43 bits per heavy atom. The zero-order valence-corrected chi connectivity index (χ0v) is 16.5. The van der Waals surface area contributed by atoms with Gasteiger partial charge >= 0.3 is 138 Å². The number of cyclic esters (lactones) is 1. The smallest absolute Gasteiger partial charge is 0.153 e. The maximum absolute atomic E-state index is 13.6. The molecule has 1 aliphatic heterocycles. The molecule has 1 heterocycles. The summed E-state index contributed by atoms with van der Waals surface area (Å²) in [5.74, 6) is -6.53. The Labute approximate surface area is 148 Å². The fraction of sp³-hybridized carbons (Fsp3) is 0.308. The molecule has 0 aliphatic carbocycles. The summed E-state index contributed by atoms with van der Waals surface area (Å²) >= 11 is 0.0878. The van der Waals surface area contributed by atoms with E-state index in [0.717, 1.165) is 0 Å². The van der Waals surface area contributed by atoms with Crippen molar-refractivity contribution in [3.8, 4) is 0 Å². The standard InChI is InChI=1S/C13H9F2O6.Bi.H3P/c14-13(15)10(20-7-16)9(21-12(13)18)6-19-11(17)8-4-2-1-3-5-8;;/h1-5,9-10H,6H2;;1H3/t9-,10?;;/m1../s1. The molecule has 6 nitrogen and oxygen atoms in total. The molecular formula is C13H12BiF2O6P. The fourth-order valence-corrected chi connectivity index (χ4v) is 2.26. The summed E-state index contributed by atoms with van der Waals surface area (Å²) in [6.07, 6.45) is -3.63. The minimum atomic E-state index is -3.96. The number of benzene rings is 1. The van der Waals surface area contributed by atoms with Crippen molar-refractivity contribution < 1.29 is 37.4 Å². The third kappa shape index (κ3) is 4.64.